The van der Waals surface area contributed by atoms with Crippen molar-refractivity contribution in [2.45, 2.75) is 120 Å². The fourth-order valence-electron chi connectivity index (χ4n) is 5.45. The first-order valence-electron chi connectivity index (χ1n) is 14.7. The Hall–Kier alpha value is -2.71. The van der Waals surface area contributed by atoms with Crippen LogP contribution in [0.15, 0.2) is 12.2 Å². The molecule has 13 nitrogen and oxygen atoms in total. The molecule has 0 aromatic rings. The molecule has 2 heterocycles. The van der Waals surface area contributed by atoms with E-state index in [4.69, 9.17) is 9.47 Å². The summed E-state index contributed by atoms with van der Waals surface area (Å²) in [7, 11) is -3.95. The number of carbonyl (C=O) groups is 4. The summed E-state index contributed by atoms with van der Waals surface area (Å²) in [5, 5.41) is 15.9. The highest BCUT2D eigenvalue weighted by Crippen LogP contribution is 2.47. The summed E-state index contributed by atoms with van der Waals surface area (Å²) in [6, 6.07) is -2.37. The Labute approximate surface area is 247 Å². The second kappa shape index (κ2) is 11.8. The van der Waals surface area contributed by atoms with Gasteiger partial charge >= 0.3 is 6.09 Å². The number of hydrogen-bond donors (Lipinski definition) is 4. The molecule has 14 heteroatoms. The van der Waals surface area contributed by atoms with Crippen molar-refractivity contribution in [2.24, 2.45) is 5.92 Å². The zero-order valence-corrected chi connectivity index (χ0v) is 25.8. The van der Waals surface area contributed by atoms with Gasteiger partial charge in [0.25, 0.3) is 5.91 Å². The molecule has 0 radical (unpaired) electrons. The zero-order chi connectivity index (χ0) is 31.1. The molecule has 4 rings (SSSR count). The van der Waals surface area contributed by atoms with Crippen LogP contribution in [0.2, 0.25) is 0 Å². The van der Waals surface area contributed by atoms with E-state index in [0.717, 1.165) is 0 Å². The highest BCUT2D eigenvalue weighted by molar-refractivity contribution is 7.91. The molecule has 2 aliphatic carbocycles. The first-order valence-corrected chi connectivity index (χ1v) is 16.2. The summed E-state index contributed by atoms with van der Waals surface area (Å²) >= 11 is 0. The molecule has 2 saturated carbocycles. The lowest BCUT2D eigenvalue weighted by molar-refractivity contribution is -0.144. The van der Waals surface area contributed by atoms with Gasteiger partial charge in [-0.25, -0.2) is 13.2 Å². The minimum atomic E-state index is -3.95. The number of fused-ring (bicyclic) bond motifs is 2. The average Bonchev–Trinajstić information content (AvgIpc) is 3.76. The van der Waals surface area contributed by atoms with Crippen LogP contribution in [0.25, 0.3) is 0 Å². The number of nitrogens with one attached hydrogen (secondary N) is 3. The maximum Gasteiger partial charge on any atom is 0.408 e. The summed E-state index contributed by atoms with van der Waals surface area (Å²) in [5.41, 5.74) is -2.33. The molecule has 6 atom stereocenters. The van der Waals surface area contributed by atoms with Crippen LogP contribution < -0.4 is 15.4 Å². The molecule has 0 aromatic carbocycles. The average molecular weight is 613 g/mol. The molecular weight excluding hydrogens is 568 g/mol. The number of hydrogen-bond acceptors (Lipinski definition) is 9. The molecule has 236 valence electrons. The van der Waals surface area contributed by atoms with Crippen LogP contribution >= 0.6 is 0 Å². The highest BCUT2D eigenvalue weighted by Gasteiger charge is 2.63. The van der Waals surface area contributed by atoms with Crippen molar-refractivity contribution >= 4 is 33.8 Å². The summed E-state index contributed by atoms with van der Waals surface area (Å²) in [4.78, 5) is 55.0. The Bertz CT molecular complexity index is 1230. The van der Waals surface area contributed by atoms with Gasteiger partial charge in [-0.2, -0.15) is 0 Å². The van der Waals surface area contributed by atoms with Gasteiger partial charge in [0.2, 0.25) is 21.8 Å². The fourth-order valence-corrected chi connectivity index (χ4v) is 6.76. The van der Waals surface area contributed by atoms with Crippen molar-refractivity contribution in [3.05, 3.63) is 12.2 Å². The van der Waals surface area contributed by atoms with Gasteiger partial charge in [-0.05, 0) is 66.2 Å². The van der Waals surface area contributed by atoms with Crippen LogP contribution in [0.1, 0.15) is 79.6 Å². The Morgan fingerprint density at radius 3 is 2.57 bits per heavy atom. The van der Waals surface area contributed by atoms with Gasteiger partial charge in [0.05, 0.1) is 17.0 Å². The third-order valence-electron chi connectivity index (χ3n) is 8.39. The number of aliphatic hydroxyl groups excluding tert-OH is 1. The predicted octanol–water partition coefficient (Wildman–Crippen LogP) is 0.860. The van der Waals surface area contributed by atoms with E-state index < -0.39 is 79.9 Å². The summed E-state index contributed by atoms with van der Waals surface area (Å²) in [5.74, 6) is -2.60. The Morgan fingerprint density at radius 2 is 1.95 bits per heavy atom. The van der Waals surface area contributed by atoms with E-state index in [1.165, 1.54) is 4.90 Å². The van der Waals surface area contributed by atoms with Crippen LogP contribution in [0, 0.1) is 5.92 Å². The summed E-state index contributed by atoms with van der Waals surface area (Å²) < 4.78 is 38.3. The van der Waals surface area contributed by atoms with E-state index in [1.807, 2.05) is 13.0 Å². The van der Waals surface area contributed by atoms with Crippen molar-refractivity contribution in [1.29, 1.82) is 0 Å². The normalized spacial score (nSPS) is 34.0. The van der Waals surface area contributed by atoms with Crippen LogP contribution in [0.4, 0.5) is 4.79 Å². The van der Waals surface area contributed by atoms with E-state index in [9.17, 15) is 32.7 Å². The first kappa shape index (κ1) is 32.2. The Balaban J connectivity index is 1.62. The second-order valence-corrected chi connectivity index (χ2v) is 15.3. The summed E-state index contributed by atoms with van der Waals surface area (Å²) in [6.07, 6.45) is 3.56. The van der Waals surface area contributed by atoms with Crippen molar-refractivity contribution < 1.29 is 42.2 Å². The monoisotopic (exact) mass is 612 g/mol. The van der Waals surface area contributed by atoms with Gasteiger partial charge in [-0.15, -0.1) is 0 Å². The molecule has 4 N–H and O–H groups in total. The van der Waals surface area contributed by atoms with E-state index in [1.54, 1.807) is 33.8 Å². The maximum atomic E-state index is 14.0. The third-order valence-corrected chi connectivity index (χ3v) is 10.5. The lowest BCUT2D eigenvalue weighted by Gasteiger charge is -2.33. The number of carbonyl (C=O) groups excluding carboxylic acids is 4. The van der Waals surface area contributed by atoms with Gasteiger partial charge in [-0.3, -0.25) is 19.1 Å². The smallest absolute Gasteiger partial charge is 0.408 e. The molecule has 1 saturated heterocycles. The predicted molar refractivity (Wildman–Crippen MR) is 151 cm³/mol. The van der Waals surface area contributed by atoms with Gasteiger partial charge in [0, 0.05) is 25.5 Å². The quantitative estimate of drug-likeness (QED) is 0.328. The van der Waals surface area contributed by atoms with Crippen LogP contribution in [-0.4, -0.2) is 95.6 Å². The number of allylic oxidation sites excluding steroid dienone is 1. The molecule has 0 unspecified atom stereocenters. The van der Waals surface area contributed by atoms with E-state index in [2.05, 4.69) is 15.4 Å². The molecule has 0 bridgehead atoms. The van der Waals surface area contributed by atoms with Gasteiger partial charge in [0.15, 0.2) is 0 Å². The fraction of sp³-hybridized carbons (Fsp3) is 0.786. The first-order chi connectivity index (χ1) is 19.5. The van der Waals surface area contributed by atoms with E-state index >= 15 is 0 Å². The molecular formula is C28H44N4O9S. The number of ether oxygens (including phenoxy) is 2. The van der Waals surface area contributed by atoms with Gasteiger partial charge in [0.1, 0.15) is 23.2 Å². The largest absolute Gasteiger partial charge is 0.444 e. The summed E-state index contributed by atoms with van der Waals surface area (Å²) in [6.45, 7) is 8.56. The second-order valence-electron chi connectivity index (χ2n) is 13.1. The van der Waals surface area contributed by atoms with E-state index in [0.29, 0.717) is 32.1 Å². The molecule has 0 spiro atoms. The Morgan fingerprint density at radius 1 is 1.26 bits per heavy atom. The van der Waals surface area contributed by atoms with E-state index in [-0.39, 0.29) is 26.0 Å². The minimum absolute atomic E-state index is 0.0943. The van der Waals surface area contributed by atoms with Crippen molar-refractivity contribution in [3.63, 3.8) is 0 Å². The lowest BCUT2D eigenvalue weighted by atomic mass is 10.1. The lowest BCUT2D eigenvalue weighted by Crippen LogP contribution is -2.60. The highest BCUT2D eigenvalue weighted by atomic mass is 32.2. The van der Waals surface area contributed by atoms with Crippen LogP contribution in [0.5, 0.6) is 0 Å². The zero-order valence-electron chi connectivity index (χ0n) is 25.0. The van der Waals surface area contributed by atoms with Crippen molar-refractivity contribution in [1.82, 2.24) is 20.3 Å². The maximum absolute atomic E-state index is 14.0. The van der Waals surface area contributed by atoms with Gasteiger partial charge < -0.3 is 30.1 Å². The van der Waals surface area contributed by atoms with Crippen molar-refractivity contribution in [2.75, 3.05) is 13.2 Å². The minimum Gasteiger partial charge on any atom is -0.444 e. The number of aliphatic hydroxyl groups is 1. The Kier molecular flexibility index (Phi) is 9.02. The number of amides is 4. The SMILES string of the molecule is CC[C@@H]1OCCC/C=C\[C@@H]2C[C@@]2(C(=O)NS(=O)(=O)C2(C)CC2)NC(=O)[C@@H]2C[C@@H](O)CN2C(=O)[C@H]1NC(=O)OC(C)(C)C. The number of rotatable bonds is 5. The van der Waals surface area contributed by atoms with Crippen LogP contribution in [0.3, 0.4) is 0 Å². The topological polar surface area (TPSA) is 180 Å². The standard InChI is InChI=1S/C28H44N4O9S/c1-6-20-21(29-25(37)41-26(2,3)4)23(35)32-16-18(33)14-19(32)22(34)30-28(15-17(28)10-8-7-9-13-40-20)24(36)31-42(38,39)27(5)11-12-27/h8,10,17-21,33H,6-7,9,11-16H2,1-5H3,(H,29,37)(H,30,34)(H,31,36)/b10-8-/t17-,18-,19+,20+,21+,28-/m1/s1. The molecule has 4 aliphatic rings. The molecule has 42 heavy (non-hydrogen) atoms. The molecule has 2 aliphatic heterocycles. The number of sulfonamides is 1. The number of nitrogens with zero attached hydrogens (tertiary/aromatic N) is 1. The molecule has 0 aromatic heterocycles. The molecule has 4 amide bonds. The molecule has 3 fully saturated rings. The van der Waals surface area contributed by atoms with Gasteiger partial charge in [-0.1, -0.05) is 19.1 Å². The number of alkyl carbamates (subject to hydrolysis) is 1. The van der Waals surface area contributed by atoms with Crippen molar-refractivity contribution in [3.8, 4) is 0 Å². The third kappa shape index (κ3) is 6.91. The van der Waals surface area contributed by atoms with Crippen LogP contribution in [-0.2, 0) is 33.9 Å².